The predicted molar refractivity (Wildman–Crippen MR) is 137 cm³/mol. The van der Waals surface area contributed by atoms with Crippen LogP contribution in [-0.2, 0) is 0 Å². The van der Waals surface area contributed by atoms with Crippen molar-refractivity contribution in [3.8, 4) is 11.1 Å². The van der Waals surface area contributed by atoms with Gasteiger partial charge in [0.2, 0.25) is 0 Å². The van der Waals surface area contributed by atoms with Gasteiger partial charge in [0.15, 0.2) is 0 Å². The van der Waals surface area contributed by atoms with E-state index < -0.39 is 18.4 Å². The van der Waals surface area contributed by atoms with Gasteiger partial charge in [-0.15, -0.1) is 0 Å². The van der Waals surface area contributed by atoms with Gasteiger partial charge in [-0.3, -0.25) is 0 Å². The van der Waals surface area contributed by atoms with Crippen molar-refractivity contribution < 1.29 is 4.42 Å². The summed E-state index contributed by atoms with van der Waals surface area (Å²) in [5.41, 5.74) is 8.39. The van der Waals surface area contributed by atoms with Gasteiger partial charge in [0.1, 0.15) is 0 Å². The molecule has 0 saturated heterocycles. The van der Waals surface area contributed by atoms with Crippen LogP contribution in [0.5, 0.6) is 0 Å². The van der Waals surface area contributed by atoms with Crippen molar-refractivity contribution in [2.75, 3.05) is 5.73 Å². The maximum absolute atomic E-state index is 12.6. The fraction of sp³-hybridized carbons (Fsp3) is 0.444. The maximum atomic E-state index is 12.6. The first-order chi connectivity index (χ1) is 15.0. The summed E-state index contributed by atoms with van der Waals surface area (Å²) in [6.07, 6.45) is 7.80. The fourth-order valence-electron chi connectivity index (χ4n) is 4.67. The van der Waals surface area contributed by atoms with Gasteiger partial charge < -0.3 is 0 Å². The second-order valence-corrected chi connectivity index (χ2v) is 22.2. The Balaban J connectivity index is 2.10. The van der Waals surface area contributed by atoms with E-state index in [0.29, 0.717) is 16.8 Å². The van der Waals surface area contributed by atoms with Gasteiger partial charge in [-0.2, -0.15) is 0 Å². The summed E-state index contributed by atoms with van der Waals surface area (Å²) in [5.74, 6) is 0. The second-order valence-electron chi connectivity index (χ2n) is 8.91. The topological polar surface area (TPSA) is 56.2 Å². The third-order valence-corrected chi connectivity index (χ3v) is 22.2. The van der Waals surface area contributed by atoms with Crippen molar-refractivity contribution in [2.24, 2.45) is 0 Å². The molecule has 3 nitrogen and oxygen atoms in total. The summed E-state index contributed by atoms with van der Waals surface area (Å²) in [6, 6.07) is 16.2. The van der Waals surface area contributed by atoms with Crippen molar-refractivity contribution in [1.82, 2.24) is 0 Å². The van der Waals surface area contributed by atoms with Crippen molar-refractivity contribution in [1.29, 1.82) is 0 Å². The first kappa shape index (κ1) is 23.9. The van der Waals surface area contributed by atoms with Crippen LogP contribution in [0.2, 0.25) is 13.3 Å². The Kier molecular flexibility index (Phi) is 8.65. The standard InChI is InChI=1S/C15H10NO2.3C4H9.Sn/c16-12-7-5-10(6-8-12)13-9-11-3-1-2-4-14(11)18-15(13)17;3*1-3-4-2;/h2-9H,16H2;3*1,3-4H2,2H3;. The number of nitrogens with two attached hydrogens (primary N) is 1. The van der Waals surface area contributed by atoms with Crippen molar-refractivity contribution in [2.45, 2.75) is 72.6 Å². The number of hydrogen-bond donors (Lipinski definition) is 1. The van der Waals surface area contributed by atoms with Gasteiger partial charge in [-0.1, -0.05) is 0 Å². The average Bonchev–Trinajstić information content (AvgIpc) is 2.79. The van der Waals surface area contributed by atoms with E-state index >= 15 is 0 Å². The molecule has 0 aliphatic rings. The first-order valence-corrected chi connectivity index (χ1v) is 19.5. The van der Waals surface area contributed by atoms with Crippen molar-refractivity contribution in [3.05, 3.63) is 59.0 Å². The van der Waals surface area contributed by atoms with Crippen molar-refractivity contribution in [3.63, 3.8) is 0 Å². The molecule has 3 aromatic rings. The van der Waals surface area contributed by atoms with E-state index in [1.807, 2.05) is 36.4 Å². The second kappa shape index (κ2) is 11.2. The van der Waals surface area contributed by atoms with Crippen molar-refractivity contribution >= 4 is 38.6 Å². The molecule has 1 aromatic heterocycles. The monoisotopic (exact) mass is 527 g/mol. The molecule has 0 radical (unpaired) electrons. The third-order valence-electron chi connectivity index (χ3n) is 6.59. The fourth-order valence-corrected chi connectivity index (χ4v) is 20.7. The molecule has 0 saturated carbocycles. The van der Waals surface area contributed by atoms with Crippen LogP contribution in [0.4, 0.5) is 5.69 Å². The van der Waals surface area contributed by atoms with Gasteiger partial charge in [0.05, 0.1) is 0 Å². The molecule has 2 N–H and O–H groups in total. The van der Waals surface area contributed by atoms with Crippen LogP contribution in [0.25, 0.3) is 22.1 Å². The van der Waals surface area contributed by atoms with E-state index in [-0.39, 0.29) is 5.63 Å². The molecule has 3 rings (SSSR count). The number of anilines is 1. The molecule has 0 amide bonds. The first-order valence-electron chi connectivity index (χ1n) is 12.0. The molecular weight excluding hydrogens is 489 g/mol. The Morgan fingerprint density at radius 3 is 1.94 bits per heavy atom. The summed E-state index contributed by atoms with van der Waals surface area (Å²) >= 11 is -2.53. The molecular formula is C27H37NO2Sn. The van der Waals surface area contributed by atoms with E-state index in [4.69, 9.17) is 10.2 Å². The van der Waals surface area contributed by atoms with E-state index in [2.05, 4.69) is 32.9 Å². The van der Waals surface area contributed by atoms with Gasteiger partial charge in [-0.05, 0) is 0 Å². The number of benzene rings is 2. The minimum atomic E-state index is -2.53. The summed E-state index contributed by atoms with van der Waals surface area (Å²) in [4.78, 5) is 12.6. The number of fused-ring (bicyclic) bond motifs is 1. The van der Waals surface area contributed by atoms with Crippen LogP contribution in [0.3, 0.4) is 0 Å². The van der Waals surface area contributed by atoms with Crippen LogP contribution in [0.1, 0.15) is 59.3 Å². The zero-order chi connectivity index (χ0) is 22.3. The molecule has 0 aliphatic heterocycles. The summed E-state index contributed by atoms with van der Waals surface area (Å²) < 4.78 is 11.6. The molecule has 0 aliphatic carbocycles. The Labute approximate surface area is 190 Å². The van der Waals surface area contributed by atoms with Crippen LogP contribution >= 0.6 is 0 Å². The Morgan fingerprint density at radius 1 is 0.806 bits per heavy atom. The molecule has 4 heteroatoms. The Bertz CT molecular complexity index is 1020. The normalized spacial score (nSPS) is 11.8. The SMILES string of the molecule is CCC[CH2][Sn]([CH2]CCC)([CH2]CCC)[c]1ccc2oc(=O)c(-c3ccc(N)cc3)cc2c1. The van der Waals surface area contributed by atoms with Crippen LogP contribution in [-0.4, -0.2) is 18.4 Å². The zero-order valence-corrected chi connectivity index (χ0v) is 22.2. The zero-order valence-electron chi connectivity index (χ0n) is 19.4. The number of rotatable bonds is 11. The summed E-state index contributed by atoms with van der Waals surface area (Å²) in [7, 11) is 0. The van der Waals surface area contributed by atoms with Crippen LogP contribution in [0.15, 0.2) is 57.7 Å². The molecule has 0 atom stereocenters. The van der Waals surface area contributed by atoms with Gasteiger partial charge in [0, 0.05) is 0 Å². The molecule has 2 aromatic carbocycles. The molecule has 0 spiro atoms. The summed E-state index contributed by atoms with van der Waals surface area (Å²) in [5, 5.41) is 1.05. The molecule has 31 heavy (non-hydrogen) atoms. The van der Waals surface area contributed by atoms with E-state index in [0.717, 1.165) is 10.9 Å². The number of hydrogen-bond acceptors (Lipinski definition) is 3. The predicted octanol–water partition coefficient (Wildman–Crippen LogP) is 7.10. The quantitative estimate of drug-likeness (QED) is 0.165. The number of nitrogen functional groups attached to an aromatic ring is 1. The Morgan fingerprint density at radius 2 is 1.39 bits per heavy atom. The molecule has 0 fully saturated rings. The molecule has 166 valence electrons. The Hall–Kier alpha value is -1.75. The number of unbranched alkanes of at least 4 members (excludes halogenated alkanes) is 3. The minimum absolute atomic E-state index is 0.289. The third kappa shape index (κ3) is 5.74. The average molecular weight is 526 g/mol. The van der Waals surface area contributed by atoms with Gasteiger partial charge in [-0.25, -0.2) is 0 Å². The molecule has 1 heterocycles. The van der Waals surface area contributed by atoms with Crippen LogP contribution < -0.4 is 14.9 Å². The van der Waals surface area contributed by atoms with Gasteiger partial charge >= 0.3 is 191 Å². The van der Waals surface area contributed by atoms with E-state index in [1.54, 1.807) is 3.58 Å². The van der Waals surface area contributed by atoms with Gasteiger partial charge in [0.25, 0.3) is 0 Å². The van der Waals surface area contributed by atoms with E-state index in [1.165, 1.54) is 51.8 Å². The van der Waals surface area contributed by atoms with E-state index in [9.17, 15) is 4.79 Å². The summed E-state index contributed by atoms with van der Waals surface area (Å²) in [6.45, 7) is 6.93. The molecule has 0 bridgehead atoms. The molecule has 0 unspecified atom stereocenters. The van der Waals surface area contributed by atoms with Crippen LogP contribution in [0, 0.1) is 0 Å².